The van der Waals surface area contributed by atoms with E-state index in [1.807, 2.05) is 25.1 Å². The van der Waals surface area contributed by atoms with Crippen LogP contribution in [0.2, 0.25) is 0 Å². The second-order valence-electron chi connectivity index (χ2n) is 4.05. The Balaban J connectivity index is 1.99. The highest BCUT2D eigenvalue weighted by Crippen LogP contribution is 2.26. The number of nitrogens with zero attached hydrogens (tertiary/aromatic N) is 2. The van der Waals surface area contributed by atoms with Crippen molar-refractivity contribution in [2.75, 3.05) is 6.54 Å². The third kappa shape index (κ3) is 3.78. The van der Waals surface area contributed by atoms with Crippen molar-refractivity contribution in [3.8, 4) is 5.75 Å². The number of hydrogen-bond acceptors (Lipinski definition) is 5. The molecule has 2 rings (SSSR count). The van der Waals surface area contributed by atoms with Gasteiger partial charge in [-0.05, 0) is 46.6 Å². The zero-order valence-corrected chi connectivity index (χ0v) is 12.3. The summed E-state index contributed by atoms with van der Waals surface area (Å²) in [6.45, 7) is 2.89. The summed E-state index contributed by atoms with van der Waals surface area (Å²) in [5.41, 5.74) is 6.70. The molecule has 1 aromatic heterocycles. The van der Waals surface area contributed by atoms with Crippen molar-refractivity contribution in [2.45, 2.75) is 26.4 Å². The fourth-order valence-electron chi connectivity index (χ4n) is 1.62. The van der Waals surface area contributed by atoms with Gasteiger partial charge in [0.25, 0.3) is 0 Å². The Bertz CT molecular complexity index is 542. The van der Waals surface area contributed by atoms with E-state index in [0.717, 1.165) is 23.1 Å². The van der Waals surface area contributed by atoms with Crippen LogP contribution < -0.4 is 10.5 Å². The van der Waals surface area contributed by atoms with E-state index >= 15 is 0 Å². The molecule has 0 aliphatic heterocycles. The van der Waals surface area contributed by atoms with Crippen molar-refractivity contribution in [1.29, 1.82) is 0 Å². The highest BCUT2D eigenvalue weighted by molar-refractivity contribution is 9.10. The first-order chi connectivity index (χ1) is 9.22. The average Bonchev–Trinajstić information content (AvgIpc) is 2.86. The van der Waals surface area contributed by atoms with E-state index < -0.39 is 0 Å². The van der Waals surface area contributed by atoms with Gasteiger partial charge in [-0.1, -0.05) is 18.1 Å². The molecular weight excluding hydrogens is 310 g/mol. The highest BCUT2D eigenvalue weighted by Gasteiger charge is 2.07. The zero-order valence-electron chi connectivity index (χ0n) is 10.7. The van der Waals surface area contributed by atoms with Crippen LogP contribution in [-0.4, -0.2) is 16.7 Å². The summed E-state index contributed by atoms with van der Waals surface area (Å²) < 4.78 is 11.6. The number of benzene rings is 1. The van der Waals surface area contributed by atoms with Gasteiger partial charge in [-0.3, -0.25) is 0 Å². The van der Waals surface area contributed by atoms with Gasteiger partial charge in [-0.2, -0.15) is 4.98 Å². The molecular formula is C13H16BrN3O2. The van der Waals surface area contributed by atoms with Gasteiger partial charge in [0.15, 0.2) is 6.61 Å². The number of ether oxygens (including phenoxy) is 1. The molecule has 102 valence electrons. The van der Waals surface area contributed by atoms with E-state index in [-0.39, 0.29) is 0 Å². The van der Waals surface area contributed by atoms with E-state index in [1.54, 1.807) is 0 Å². The normalized spacial score (nSPS) is 10.7. The largest absolute Gasteiger partial charge is 0.484 e. The van der Waals surface area contributed by atoms with E-state index in [1.165, 1.54) is 5.56 Å². The van der Waals surface area contributed by atoms with Crippen molar-refractivity contribution < 1.29 is 9.26 Å². The van der Waals surface area contributed by atoms with Gasteiger partial charge in [0.2, 0.25) is 11.7 Å². The Morgan fingerprint density at radius 3 is 2.89 bits per heavy atom. The molecule has 0 radical (unpaired) electrons. The summed E-state index contributed by atoms with van der Waals surface area (Å²) in [5.74, 6) is 1.93. The maximum Gasteiger partial charge on any atom is 0.226 e. The Hall–Kier alpha value is -1.40. The molecule has 5 nitrogen and oxygen atoms in total. The first-order valence-corrected chi connectivity index (χ1v) is 6.95. The van der Waals surface area contributed by atoms with Gasteiger partial charge in [-0.15, -0.1) is 0 Å². The van der Waals surface area contributed by atoms with Crippen LogP contribution in [0, 0.1) is 0 Å². The Morgan fingerprint density at radius 1 is 1.42 bits per heavy atom. The third-order valence-corrected chi connectivity index (χ3v) is 3.22. The molecule has 2 aromatic rings. The minimum Gasteiger partial charge on any atom is -0.484 e. The first-order valence-electron chi connectivity index (χ1n) is 6.15. The average molecular weight is 326 g/mol. The Labute approximate surface area is 120 Å². The highest BCUT2D eigenvalue weighted by atomic mass is 79.9. The summed E-state index contributed by atoms with van der Waals surface area (Å²) in [6, 6.07) is 5.92. The maximum absolute atomic E-state index is 5.65. The Morgan fingerprint density at radius 2 is 2.26 bits per heavy atom. The van der Waals surface area contributed by atoms with E-state index in [2.05, 4.69) is 26.1 Å². The topological polar surface area (TPSA) is 74.2 Å². The number of hydrogen-bond donors (Lipinski definition) is 1. The summed E-state index contributed by atoms with van der Waals surface area (Å²) in [4.78, 5) is 4.19. The second kappa shape index (κ2) is 6.68. The van der Waals surface area contributed by atoms with Crippen molar-refractivity contribution in [3.05, 3.63) is 40.0 Å². The molecule has 0 fully saturated rings. The molecule has 0 atom stereocenters. The van der Waals surface area contributed by atoms with E-state index in [9.17, 15) is 0 Å². The molecule has 0 amide bonds. The number of halogens is 1. The van der Waals surface area contributed by atoms with Crippen LogP contribution >= 0.6 is 15.9 Å². The standard InChI is InChI=1S/C13H16BrN3O2/c1-2-13-16-12(17-19-13)8-18-11-4-3-9(5-6-15)7-10(11)14/h3-4,7H,2,5-6,8,15H2,1H3. The molecule has 19 heavy (non-hydrogen) atoms. The molecule has 0 unspecified atom stereocenters. The molecule has 1 aromatic carbocycles. The fourth-order valence-corrected chi connectivity index (χ4v) is 2.16. The summed E-state index contributed by atoms with van der Waals surface area (Å²) in [6.07, 6.45) is 1.58. The lowest BCUT2D eigenvalue weighted by Gasteiger charge is -2.07. The number of aromatic nitrogens is 2. The van der Waals surface area contributed by atoms with Crippen LogP contribution in [0.5, 0.6) is 5.75 Å². The molecule has 0 aliphatic rings. The molecule has 0 saturated heterocycles. The van der Waals surface area contributed by atoms with Crippen LogP contribution in [0.15, 0.2) is 27.2 Å². The van der Waals surface area contributed by atoms with Gasteiger partial charge in [0.05, 0.1) is 4.47 Å². The number of nitrogens with two attached hydrogens (primary N) is 1. The molecule has 0 aliphatic carbocycles. The third-order valence-electron chi connectivity index (χ3n) is 2.60. The predicted molar refractivity (Wildman–Crippen MR) is 74.9 cm³/mol. The van der Waals surface area contributed by atoms with Crippen LogP contribution in [-0.2, 0) is 19.4 Å². The minimum atomic E-state index is 0.290. The molecule has 0 spiro atoms. The molecule has 6 heteroatoms. The lowest BCUT2D eigenvalue weighted by atomic mass is 10.1. The van der Waals surface area contributed by atoms with E-state index in [0.29, 0.717) is 24.9 Å². The van der Waals surface area contributed by atoms with Gasteiger partial charge in [0.1, 0.15) is 5.75 Å². The fraction of sp³-hybridized carbons (Fsp3) is 0.385. The quantitative estimate of drug-likeness (QED) is 0.883. The number of rotatable bonds is 6. The van der Waals surface area contributed by atoms with E-state index in [4.69, 9.17) is 15.0 Å². The van der Waals surface area contributed by atoms with Gasteiger partial charge in [0, 0.05) is 6.42 Å². The SMILES string of the molecule is CCc1nc(COc2ccc(CCN)cc2Br)no1. The number of aryl methyl sites for hydroxylation is 1. The molecule has 2 N–H and O–H groups in total. The minimum absolute atomic E-state index is 0.290. The smallest absolute Gasteiger partial charge is 0.226 e. The summed E-state index contributed by atoms with van der Waals surface area (Å²) in [5, 5.41) is 3.84. The molecule has 1 heterocycles. The summed E-state index contributed by atoms with van der Waals surface area (Å²) in [7, 11) is 0. The predicted octanol–water partition coefficient (Wildman–Crippen LogP) is 2.47. The van der Waals surface area contributed by atoms with Gasteiger partial charge in [-0.25, -0.2) is 0 Å². The van der Waals surface area contributed by atoms with Crippen molar-refractivity contribution >= 4 is 15.9 Å². The lowest BCUT2D eigenvalue weighted by molar-refractivity contribution is 0.283. The van der Waals surface area contributed by atoms with Crippen molar-refractivity contribution in [3.63, 3.8) is 0 Å². The molecule has 0 saturated carbocycles. The van der Waals surface area contributed by atoms with Gasteiger partial charge < -0.3 is 15.0 Å². The van der Waals surface area contributed by atoms with Crippen molar-refractivity contribution in [2.24, 2.45) is 5.73 Å². The van der Waals surface area contributed by atoms with Gasteiger partial charge >= 0.3 is 0 Å². The van der Waals surface area contributed by atoms with Crippen molar-refractivity contribution in [1.82, 2.24) is 10.1 Å². The van der Waals surface area contributed by atoms with Crippen LogP contribution in [0.1, 0.15) is 24.2 Å². The van der Waals surface area contributed by atoms with Crippen LogP contribution in [0.25, 0.3) is 0 Å². The first kappa shape index (κ1) is 14.0. The maximum atomic E-state index is 5.65. The molecule has 0 bridgehead atoms. The lowest BCUT2D eigenvalue weighted by Crippen LogP contribution is -2.03. The zero-order chi connectivity index (χ0) is 13.7. The van der Waals surface area contributed by atoms with Crippen LogP contribution in [0.4, 0.5) is 0 Å². The Kier molecular flexibility index (Phi) is 4.93. The summed E-state index contributed by atoms with van der Waals surface area (Å²) >= 11 is 3.48. The van der Waals surface area contributed by atoms with Crippen LogP contribution in [0.3, 0.4) is 0 Å². The second-order valence-corrected chi connectivity index (χ2v) is 4.90. The monoisotopic (exact) mass is 325 g/mol.